The third-order valence-electron chi connectivity index (χ3n) is 3.16. The molecule has 0 unspecified atom stereocenters. The molecule has 0 spiro atoms. The van der Waals surface area contributed by atoms with E-state index in [0.717, 1.165) is 38.3 Å². The second kappa shape index (κ2) is 8.39. The summed E-state index contributed by atoms with van der Waals surface area (Å²) in [5, 5.41) is 3.47. The number of nitrogens with one attached hydrogen (secondary N) is 1. The molecule has 0 saturated carbocycles. The topological polar surface area (TPSA) is 21.3 Å². The quantitative estimate of drug-likeness (QED) is 0.736. The summed E-state index contributed by atoms with van der Waals surface area (Å²) in [6, 6.07) is 18.9. The highest BCUT2D eigenvalue weighted by Crippen LogP contribution is 2.12. The lowest BCUT2D eigenvalue weighted by atomic mass is 10.1. The lowest BCUT2D eigenvalue weighted by Gasteiger charge is -2.07. The Bertz CT molecular complexity index is 479. The van der Waals surface area contributed by atoms with Gasteiger partial charge in [0.05, 0.1) is 6.61 Å². The second-order valence-corrected chi connectivity index (χ2v) is 4.90. The molecule has 106 valence electrons. The van der Waals surface area contributed by atoms with Gasteiger partial charge in [-0.05, 0) is 42.6 Å². The van der Waals surface area contributed by atoms with E-state index in [1.54, 1.807) is 0 Å². The van der Waals surface area contributed by atoms with Crippen LogP contribution >= 0.6 is 0 Å². The molecule has 2 aromatic carbocycles. The largest absolute Gasteiger partial charge is 0.494 e. The van der Waals surface area contributed by atoms with Crippen molar-refractivity contribution in [2.75, 3.05) is 13.2 Å². The van der Waals surface area contributed by atoms with Crippen LogP contribution in [0.4, 0.5) is 0 Å². The molecule has 0 amide bonds. The molecule has 2 rings (SSSR count). The smallest absolute Gasteiger partial charge is 0.119 e. The molecule has 0 aromatic heterocycles. The first-order chi connectivity index (χ1) is 9.88. The summed E-state index contributed by atoms with van der Waals surface area (Å²) in [5.74, 6) is 0.958. The van der Waals surface area contributed by atoms with Crippen molar-refractivity contribution in [3.05, 3.63) is 65.7 Å². The van der Waals surface area contributed by atoms with Gasteiger partial charge in [-0.15, -0.1) is 0 Å². The van der Waals surface area contributed by atoms with Gasteiger partial charge in [-0.25, -0.2) is 0 Å². The highest BCUT2D eigenvalue weighted by Gasteiger charge is 1.96. The van der Waals surface area contributed by atoms with E-state index < -0.39 is 0 Å². The molecule has 0 aliphatic carbocycles. The maximum absolute atomic E-state index is 5.57. The Morgan fingerprint density at radius 1 is 0.900 bits per heavy atom. The molecule has 0 atom stereocenters. The Morgan fingerprint density at radius 3 is 2.35 bits per heavy atom. The van der Waals surface area contributed by atoms with E-state index >= 15 is 0 Å². The number of hydrogen-bond acceptors (Lipinski definition) is 2. The van der Waals surface area contributed by atoms with Crippen molar-refractivity contribution < 1.29 is 4.74 Å². The highest BCUT2D eigenvalue weighted by molar-refractivity contribution is 5.27. The molecule has 0 fully saturated rings. The predicted molar refractivity (Wildman–Crippen MR) is 84.1 cm³/mol. The summed E-state index contributed by atoms with van der Waals surface area (Å²) in [6.45, 7) is 4.80. The Balaban J connectivity index is 1.69. The molecule has 0 heterocycles. The van der Waals surface area contributed by atoms with Crippen molar-refractivity contribution in [3.8, 4) is 5.75 Å². The molecule has 0 radical (unpaired) electrons. The molecule has 2 nitrogen and oxygen atoms in total. The average molecular weight is 269 g/mol. The Labute approximate surface area is 121 Å². The minimum absolute atomic E-state index is 0.786. The molecule has 0 aliphatic heterocycles. The van der Waals surface area contributed by atoms with Crippen molar-refractivity contribution >= 4 is 0 Å². The van der Waals surface area contributed by atoms with Crippen molar-refractivity contribution in [2.24, 2.45) is 0 Å². The zero-order valence-corrected chi connectivity index (χ0v) is 12.1. The first-order valence-corrected chi connectivity index (χ1v) is 7.35. The maximum Gasteiger partial charge on any atom is 0.119 e. The summed E-state index contributed by atoms with van der Waals surface area (Å²) >= 11 is 0. The molecule has 0 saturated heterocycles. The SMILES string of the molecule is CCCOc1ccc(CNCCc2ccccc2)cc1. The molecule has 20 heavy (non-hydrogen) atoms. The number of ether oxygens (including phenoxy) is 1. The van der Waals surface area contributed by atoms with Gasteiger partial charge in [0.25, 0.3) is 0 Å². The third-order valence-corrected chi connectivity index (χ3v) is 3.16. The Hall–Kier alpha value is -1.80. The standard InChI is InChI=1S/C18H23NO/c1-2-14-20-18-10-8-17(9-11-18)15-19-13-12-16-6-4-3-5-7-16/h3-11,19H,2,12-15H2,1H3. The van der Waals surface area contributed by atoms with Crippen LogP contribution in [0.2, 0.25) is 0 Å². The Morgan fingerprint density at radius 2 is 1.65 bits per heavy atom. The lowest BCUT2D eigenvalue weighted by Crippen LogP contribution is -2.16. The van der Waals surface area contributed by atoms with Crippen molar-refractivity contribution in [2.45, 2.75) is 26.3 Å². The van der Waals surface area contributed by atoms with Gasteiger partial charge in [-0.1, -0.05) is 49.4 Å². The van der Waals surface area contributed by atoms with Crippen molar-refractivity contribution in [1.29, 1.82) is 0 Å². The van der Waals surface area contributed by atoms with Crippen LogP contribution in [0.3, 0.4) is 0 Å². The summed E-state index contributed by atoms with van der Waals surface area (Å²) < 4.78 is 5.57. The molecule has 1 N–H and O–H groups in total. The summed E-state index contributed by atoms with van der Waals surface area (Å²) in [4.78, 5) is 0. The zero-order chi connectivity index (χ0) is 14.0. The van der Waals surface area contributed by atoms with Gasteiger partial charge in [-0.2, -0.15) is 0 Å². The molecule has 2 heteroatoms. The third kappa shape index (κ3) is 5.06. The number of rotatable bonds is 8. The van der Waals surface area contributed by atoms with E-state index in [1.807, 2.05) is 12.1 Å². The summed E-state index contributed by atoms with van der Waals surface area (Å²) in [5.41, 5.74) is 2.67. The average Bonchev–Trinajstić information content (AvgIpc) is 2.52. The number of hydrogen-bond donors (Lipinski definition) is 1. The molecular formula is C18H23NO. The van der Waals surface area contributed by atoms with Crippen LogP contribution < -0.4 is 10.1 Å². The van der Waals surface area contributed by atoms with Crippen LogP contribution in [0.25, 0.3) is 0 Å². The predicted octanol–water partition coefficient (Wildman–Crippen LogP) is 3.81. The van der Waals surface area contributed by atoms with E-state index in [4.69, 9.17) is 4.74 Å². The van der Waals surface area contributed by atoms with E-state index in [-0.39, 0.29) is 0 Å². The highest BCUT2D eigenvalue weighted by atomic mass is 16.5. The van der Waals surface area contributed by atoms with E-state index in [0.29, 0.717) is 0 Å². The fourth-order valence-electron chi connectivity index (χ4n) is 2.03. The fourth-order valence-corrected chi connectivity index (χ4v) is 2.03. The van der Waals surface area contributed by atoms with Crippen LogP contribution in [-0.2, 0) is 13.0 Å². The molecular weight excluding hydrogens is 246 g/mol. The summed E-state index contributed by atoms with van der Waals surface area (Å²) in [6.07, 6.45) is 2.11. The molecule has 2 aromatic rings. The van der Waals surface area contributed by atoms with Gasteiger partial charge >= 0.3 is 0 Å². The lowest BCUT2D eigenvalue weighted by molar-refractivity contribution is 0.317. The summed E-state index contributed by atoms with van der Waals surface area (Å²) in [7, 11) is 0. The van der Waals surface area contributed by atoms with Crippen LogP contribution in [0.15, 0.2) is 54.6 Å². The van der Waals surface area contributed by atoms with Gasteiger partial charge in [0.15, 0.2) is 0 Å². The van der Waals surface area contributed by atoms with Gasteiger partial charge in [0.2, 0.25) is 0 Å². The van der Waals surface area contributed by atoms with E-state index in [9.17, 15) is 0 Å². The molecule has 0 aliphatic rings. The van der Waals surface area contributed by atoms with Crippen LogP contribution in [-0.4, -0.2) is 13.2 Å². The minimum atomic E-state index is 0.786. The van der Waals surface area contributed by atoms with Gasteiger partial charge in [-0.3, -0.25) is 0 Å². The number of benzene rings is 2. The van der Waals surface area contributed by atoms with Gasteiger partial charge in [0, 0.05) is 6.54 Å². The van der Waals surface area contributed by atoms with Crippen LogP contribution in [0.1, 0.15) is 24.5 Å². The van der Waals surface area contributed by atoms with Gasteiger partial charge < -0.3 is 10.1 Å². The second-order valence-electron chi connectivity index (χ2n) is 4.90. The van der Waals surface area contributed by atoms with Gasteiger partial charge in [0.1, 0.15) is 5.75 Å². The molecule has 0 bridgehead atoms. The van der Waals surface area contributed by atoms with Crippen LogP contribution in [0, 0.1) is 0 Å². The zero-order valence-electron chi connectivity index (χ0n) is 12.1. The first kappa shape index (κ1) is 14.6. The monoisotopic (exact) mass is 269 g/mol. The first-order valence-electron chi connectivity index (χ1n) is 7.35. The fraction of sp³-hybridized carbons (Fsp3) is 0.333. The normalized spacial score (nSPS) is 10.4. The Kier molecular flexibility index (Phi) is 6.12. The van der Waals surface area contributed by atoms with Crippen LogP contribution in [0.5, 0.6) is 5.75 Å². The van der Waals surface area contributed by atoms with E-state index in [1.165, 1.54) is 11.1 Å². The maximum atomic E-state index is 5.57. The minimum Gasteiger partial charge on any atom is -0.494 e. The van der Waals surface area contributed by atoms with Crippen molar-refractivity contribution in [1.82, 2.24) is 5.32 Å². The van der Waals surface area contributed by atoms with Crippen molar-refractivity contribution in [3.63, 3.8) is 0 Å². The van der Waals surface area contributed by atoms with E-state index in [2.05, 4.69) is 54.7 Å².